The first-order valence-electron chi connectivity index (χ1n) is 9.80. The van der Waals surface area contributed by atoms with Crippen LogP contribution in [-0.4, -0.2) is 28.9 Å². The molecule has 0 heterocycles. The highest BCUT2D eigenvalue weighted by atomic mass is 16.4. The second-order valence-corrected chi connectivity index (χ2v) is 7.87. The number of carbonyl (C=O) groups is 3. The second-order valence-electron chi connectivity index (χ2n) is 7.87. The summed E-state index contributed by atoms with van der Waals surface area (Å²) >= 11 is 0. The van der Waals surface area contributed by atoms with Crippen molar-refractivity contribution in [1.82, 2.24) is 5.32 Å². The minimum absolute atomic E-state index is 0.0281. The monoisotopic (exact) mass is 394 g/mol. The van der Waals surface area contributed by atoms with Gasteiger partial charge in [0.2, 0.25) is 5.91 Å². The molecule has 2 aromatic rings. The van der Waals surface area contributed by atoms with Crippen LogP contribution in [0.2, 0.25) is 0 Å². The third kappa shape index (κ3) is 5.02. The van der Waals surface area contributed by atoms with E-state index in [1.165, 1.54) is 18.1 Å². The summed E-state index contributed by atoms with van der Waals surface area (Å²) in [7, 11) is 0. The number of aliphatic carboxylic acids is 1. The van der Waals surface area contributed by atoms with E-state index in [0.717, 1.165) is 6.42 Å². The number of hydrogen-bond donors (Lipinski definition) is 3. The molecule has 0 saturated heterocycles. The number of carboxylic acids is 1. The number of hydrogen-bond acceptors (Lipinski definition) is 3. The Morgan fingerprint density at radius 3 is 2.14 bits per heavy atom. The van der Waals surface area contributed by atoms with E-state index in [4.69, 9.17) is 5.11 Å². The first kappa shape index (κ1) is 20.6. The van der Waals surface area contributed by atoms with Gasteiger partial charge in [-0.15, -0.1) is 0 Å². The van der Waals surface area contributed by atoms with Gasteiger partial charge in [0.1, 0.15) is 6.04 Å². The van der Waals surface area contributed by atoms with Crippen molar-refractivity contribution in [3.63, 3.8) is 0 Å². The first-order valence-corrected chi connectivity index (χ1v) is 9.80. The normalized spacial score (nSPS) is 18.8. The third-order valence-electron chi connectivity index (χ3n) is 5.29. The number of carbonyl (C=O) groups excluding carboxylic acids is 2. The topological polar surface area (TPSA) is 95.5 Å². The number of anilines is 1. The molecule has 3 unspecified atom stereocenters. The molecule has 2 aromatic carbocycles. The molecule has 3 atom stereocenters. The molecule has 152 valence electrons. The summed E-state index contributed by atoms with van der Waals surface area (Å²) in [5.74, 6) is -0.901. The van der Waals surface area contributed by atoms with Gasteiger partial charge in [0.15, 0.2) is 0 Å². The maximum absolute atomic E-state index is 12.5. The Morgan fingerprint density at radius 1 is 0.966 bits per heavy atom. The van der Waals surface area contributed by atoms with Crippen LogP contribution in [0.25, 0.3) is 0 Å². The maximum atomic E-state index is 12.5. The summed E-state index contributed by atoms with van der Waals surface area (Å²) in [5, 5.41) is 14.1. The summed E-state index contributed by atoms with van der Waals surface area (Å²) in [4.78, 5) is 35.4. The Balaban J connectivity index is 1.55. The fourth-order valence-electron chi connectivity index (χ4n) is 3.26. The Morgan fingerprint density at radius 2 is 1.59 bits per heavy atom. The van der Waals surface area contributed by atoms with Crippen LogP contribution in [0, 0.1) is 5.92 Å². The third-order valence-corrected chi connectivity index (χ3v) is 5.29. The van der Waals surface area contributed by atoms with Gasteiger partial charge in [-0.3, -0.25) is 14.4 Å². The molecule has 3 N–H and O–H groups in total. The largest absolute Gasteiger partial charge is 0.480 e. The predicted octanol–water partition coefficient (Wildman–Crippen LogP) is 3.76. The van der Waals surface area contributed by atoms with E-state index in [9.17, 15) is 14.4 Å². The molecule has 0 spiro atoms. The molecule has 6 heteroatoms. The van der Waals surface area contributed by atoms with Gasteiger partial charge in [0.25, 0.3) is 5.91 Å². The number of carboxylic acid groups (broad SMARTS) is 1. The van der Waals surface area contributed by atoms with Crippen LogP contribution in [0.5, 0.6) is 0 Å². The lowest BCUT2D eigenvalue weighted by Gasteiger charge is -2.10. The predicted molar refractivity (Wildman–Crippen MR) is 111 cm³/mol. The molecule has 1 aliphatic rings. The molecule has 0 radical (unpaired) electrons. The van der Waals surface area contributed by atoms with E-state index in [1.807, 2.05) is 0 Å². The van der Waals surface area contributed by atoms with Crippen molar-refractivity contribution in [1.29, 1.82) is 0 Å². The van der Waals surface area contributed by atoms with E-state index in [-0.39, 0.29) is 17.7 Å². The van der Waals surface area contributed by atoms with Crippen molar-refractivity contribution in [2.24, 2.45) is 5.92 Å². The molecule has 29 heavy (non-hydrogen) atoms. The van der Waals surface area contributed by atoms with Crippen molar-refractivity contribution in [2.75, 3.05) is 5.32 Å². The maximum Gasteiger partial charge on any atom is 0.325 e. The molecule has 0 aliphatic heterocycles. The number of amides is 2. The van der Waals surface area contributed by atoms with E-state index in [1.54, 1.807) is 24.3 Å². The van der Waals surface area contributed by atoms with Gasteiger partial charge in [-0.25, -0.2) is 0 Å². The molecular weight excluding hydrogens is 368 g/mol. The Labute approximate surface area is 170 Å². The molecular formula is C23H26N2O4. The van der Waals surface area contributed by atoms with Gasteiger partial charge >= 0.3 is 5.97 Å². The Bertz CT molecular complexity index is 903. The van der Waals surface area contributed by atoms with Gasteiger partial charge in [-0.2, -0.15) is 0 Å². The van der Waals surface area contributed by atoms with Crippen molar-refractivity contribution in [3.05, 3.63) is 65.2 Å². The zero-order valence-electron chi connectivity index (χ0n) is 16.8. The molecule has 2 amide bonds. The second kappa shape index (κ2) is 8.47. The Kier molecular flexibility index (Phi) is 6.01. The van der Waals surface area contributed by atoms with Gasteiger partial charge in [-0.05, 0) is 60.6 Å². The summed E-state index contributed by atoms with van der Waals surface area (Å²) in [6.07, 6.45) is 0.834. The zero-order valence-corrected chi connectivity index (χ0v) is 16.8. The summed E-state index contributed by atoms with van der Waals surface area (Å²) in [5.41, 5.74) is 3.43. The van der Waals surface area contributed by atoms with Gasteiger partial charge in [0.05, 0.1) is 0 Å². The van der Waals surface area contributed by atoms with Crippen LogP contribution in [0.15, 0.2) is 48.5 Å². The van der Waals surface area contributed by atoms with Crippen LogP contribution >= 0.6 is 0 Å². The molecule has 3 rings (SSSR count). The van der Waals surface area contributed by atoms with Crippen LogP contribution in [0.3, 0.4) is 0 Å². The lowest BCUT2D eigenvalue weighted by Crippen LogP contribution is -2.38. The van der Waals surface area contributed by atoms with Crippen molar-refractivity contribution >= 4 is 23.5 Å². The van der Waals surface area contributed by atoms with E-state index in [2.05, 4.69) is 48.7 Å². The van der Waals surface area contributed by atoms with Gasteiger partial charge in [-0.1, -0.05) is 38.1 Å². The zero-order chi connectivity index (χ0) is 21.1. The fraction of sp³-hybridized carbons (Fsp3) is 0.348. The fourth-order valence-corrected chi connectivity index (χ4v) is 3.26. The van der Waals surface area contributed by atoms with Crippen molar-refractivity contribution < 1.29 is 19.5 Å². The van der Waals surface area contributed by atoms with Crippen LogP contribution in [-0.2, 0) is 9.59 Å². The highest BCUT2D eigenvalue weighted by Gasteiger charge is 2.43. The summed E-state index contributed by atoms with van der Waals surface area (Å²) < 4.78 is 0. The number of rotatable bonds is 7. The van der Waals surface area contributed by atoms with Crippen LogP contribution in [0.4, 0.5) is 5.69 Å². The first-order chi connectivity index (χ1) is 13.8. The summed E-state index contributed by atoms with van der Waals surface area (Å²) in [6, 6.07) is 13.9. The average molecular weight is 394 g/mol. The van der Waals surface area contributed by atoms with Crippen LogP contribution in [0.1, 0.15) is 60.5 Å². The van der Waals surface area contributed by atoms with Crippen molar-refractivity contribution in [2.45, 2.75) is 45.1 Å². The van der Waals surface area contributed by atoms with Gasteiger partial charge in [0, 0.05) is 17.2 Å². The minimum Gasteiger partial charge on any atom is -0.480 e. The Hall–Kier alpha value is -3.15. The highest BCUT2D eigenvalue weighted by molar-refractivity contribution is 5.98. The van der Waals surface area contributed by atoms with Gasteiger partial charge < -0.3 is 15.7 Å². The van der Waals surface area contributed by atoms with E-state index >= 15 is 0 Å². The van der Waals surface area contributed by atoms with Crippen molar-refractivity contribution in [3.8, 4) is 0 Å². The molecule has 1 saturated carbocycles. The molecule has 0 bridgehead atoms. The smallest absolute Gasteiger partial charge is 0.325 e. The molecule has 0 aromatic heterocycles. The van der Waals surface area contributed by atoms with E-state index in [0.29, 0.717) is 17.2 Å². The lowest BCUT2D eigenvalue weighted by atomic mass is 10.00. The lowest BCUT2D eigenvalue weighted by molar-refractivity contribution is -0.138. The quantitative estimate of drug-likeness (QED) is 0.666. The standard InChI is InChI=1S/C23H26N2O4/c1-13(2)15-4-6-16(7-5-15)19-12-20(19)22(27)25-18-10-8-17(9-11-18)21(26)24-14(3)23(28)29/h4-11,13-14,19-20H,12H2,1-3H3,(H,24,26)(H,25,27)(H,28,29). The van der Waals surface area contributed by atoms with Crippen LogP contribution < -0.4 is 10.6 Å². The minimum atomic E-state index is -1.10. The molecule has 6 nitrogen and oxygen atoms in total. The molecule has 1 aliphatic carbocycles. The summed E-state index contributed by atoms with van der Waals surface area (Å²) in [6.45, 7) is 5.71. The molecule has 1 fully saturated rings. The number of benzene rings is 2. The van der Waals surface area contributed by atoms with E-state index < -0.39 is 17.9 Å². The number of nitrogens with one attached hydrogen (secondary N) is 2. The SMILES string of the molecule is CC(NC(=O)c1ccc(NC(=O)C2CC2c2ccc(C(C)C)cc2)cc1)C(=O)O. The average Bonchev–Trinajstić information content (AvgIpc) is 3.49. The highest BCUT2D eigenvalue weighted by Crippen LogP contribution is 2.48.